The molecule has 1 N–H and O–H groups in total. The minimum absolute atomic E-state index is 0.423. The Morgan fingerprint density at radius 2 is 2.19 bits per heavy atom. The maximum atomic E-state index is 9.40. The largest absolute Gasteiger partial charge is 0.316 e. The zero-order chi connectivity index (χ0) is 18.8. The molecule has 7 heteroatoms. The predicted octanol–water partition coefficient (Wildman–Crippen LogP) is 3.57. The second-order valence-electron chi connectivity index (χ2n) is 7.39. The number of piperidine rings is 1. The molecule has 1 aliphatic heterocycles. The number of pyridine rings is 1. The summed E-state index contributed by atoms with van der Waals surface area (Å²) in [6.07, 6.45) is 10.2. The van der Waals surface area contributed by atoms with Crippen molar-refractivity contribution in [2.75, 3.05) is 13.1 Å². The second kappa shape index (κ2) is 7.75. The molecule has 0 aliphatic carbocycles. The van der Waals surface area contributed by atoms with E-state index in [4.69, 9.17) is 0 Å². The molecule has 0 radical (unpaired) electrons. The van der Waals surface area contributed by atoms with Crippen molar-refractivity contribution in [2.24, 2.45) is 5.92 Å². The molecule has 1 atom stereocenters. The van der Waals surface area contributed by atoms with Gasteiger partial charge in [-0.1, -0.05) is 13.8 Å². The summed E-state index contributed by atoms with van der Waals surface area (Å²) in [6, 6.07) is 4.41. The van der Waals surface area contributed by atoms with Crippen LogP contribution in [0.3, 0.4) is 0 Å². The zero-order valence-corrected chi connectivity index (χ0v) is 16.5. The summed E-state index contributed by atoms with van der Waals surface area (Å²) in [5.74, 6) is 0.644. The van der Waals surface area contributed by atoms with Crippen LogP contribution in [0.5, 0.6) is 0 Å². The Labute approximate surface area is 163 Å². The van der Waals surface area contributed by atoms with E-state index in [0.29, 0.717) is 16.7 Å². The third kappa shape index (κ3) is 3.87. The topological polar surface area (TPSA) is 70.9 Å². The zero-order valence-electron chi connectivity index (χ0n) is 15.7. The Bertz CT molecular complexity index is 974. The number of hydrogen-bond donors (Lipinski definition) is 1. The maximum absolute atomic E-state index is 9.40. The maximum Gasteiger partial charge on any atom is 0.103 e. The number of rotatable bonds is 5. The first-order valence-corrected chi connectivity index (χ1v) is 10.3. The molecule has 0 spiro atoms. The van der Waals surface area contributed by atoms with Gasteiger partial charge in [0.25, 0.3) is 0 Å². The molecular formula is C20H24N6S. The summed E-state index contributed by atoms with van der Waals surface area (Å²) in [5, 5.41) is 22.3. The van der Waals surface area contributed by atoms with Crippen LogP contribution in [0.25, 0.3) is 16.6 Å². The number of nitrogens with one attached hydrogen (secondary N) is 1. The Hall–Kier alpha value is -2.30. The summed E-state index contributed by atoms with van der Waals surface area (Å²) < 4.78 is 3.87. The van der Waals surface area contributed by atoms with Crippen LogP contribution in [0.15, 0.2) is 35.7 Å². The van der Waals surface area contributed by atoms with Crippen molar-refractivity contribution in [3.05, 3.63) is 36.4 Å². The van der Waals surface area contributed by atoms with Crippen LogP contribution in [0.1, 0.15) is 32.3 Å². The minimum Gasteiger partial charge on any atom is -0.316 e. The van der Waals surface area contributed by atoms with Gasteiger partial charge < -0.3 is 5.32 Å². The fourth-order valence-corrected chi connectivity index (χ4v) is 4.64. The SMILES string of the molecule is CC(C)Sc1cc(-c2cnn(C[C@@H]3CCCNC3)c2)cn2ncc(C#N)c12. The number of aromatic nitrogens is 4. The van der Waals surface area contributed by atoms with Gasteiger partial charge in [-0.15, -0.1) is 11.8 Å². The fourth-order valence-electron chi connectivity index (χ4n) is 3.62. The van der Waals surface area contributed by atoms with Gasteiger partial charge in [0.2, 0.25) is 0 Å². The Morgan fingerprint density at radius 1 is 1.30 bits per heavy atom. The Kier molecular flexibility index (Phi) is 5.19. The lowest BCUT2D eigenvalue weighted by Crippen LogP contribution is -2.32. The van der Waals surface area contributed by atoms with E-state index in [1.165, 1.54) is 12.8 Å². The molecule has 4 rings (SSSR count). The molecule has 1 fully saturated rings. The Morgan fingerprint density at radius 3 is 2.93 bits per heavy atom. The minimum atomic E-state index is 0.423. The van der Waals surface area contributed by atoms with Crippen molar-refractivity contribution in [3.8, 4) is 17.2 Å². The van der Waals surface area contributed by atoms with Gasteiger partial charge in [-0.2, -0.15) is 15.5 Å². The highest BCUT2D eigenvalue weighted by Crippen LogP contribution is 2.33. The van der Waals surface area contributed by atoms with Crippen LogP contribution >= 0.6 is 11.8 Å². The normalized spacial score (nSPS) is 17.5. The average molecular weight is 381 g/mol. The molecule has 3 aromatic rings. The lowest BCUT2D eigenvalue weighted by Gasteiger charge is -2.22. The van der Waals surface area contributed by atoms with E-state index >= 15 is 0 Å². The molecule has 3 aromatic heterocycles. The van der Waals surface area contributed by atoms with E-state index in [-0.39, 0.29) is 0 Å². The summed E-state index contributed by atoms with van der Waals surface area (Å²) >= 11 is 1.76. The fraction of sp³-hybridized carbons (Fsp3) is 0.450. The quantitative estimate of drug-likeness (QED) is 0.685. The van der Waals surface area contributed by atoms with Gasteiger partial charge in [0, 0.05) is 40.2 Å². The van der Waals surface area contributed by atoms with E-state index in [2.05, 4.69) is 52.4 Å². The predicted molar refractivity (Wildman–Crippen MR) is 108 cm³/mol. The third-order valence-corrected chi connectivity index (χ3v) is 5.91. The van der Waals surface area contributed by atoms with Gasteiger partial charge in [0.15, 0.2) is 0 Å². The number of nitriles is 1. The van der Waals surface area contributed by atoms with Crippen molar-refractivity contribution in [1.82, 2.24) is 24.7 Å². The number of fused-ring (bicyclic) bond motifs is 1. The average Bonchev–Trinajstić information content (AvgIpc) is 3.29. The van der Waals surface area contributed by atoms with Gasteiger partial charge in [-0.05, 0) is 37.9 Å². The molecule has 1 aliphatic rings. The van der Waals surface area contributed by atoms with Gasteiger partial charge >= 0.3 is 0 Å². The van der Waals surface area contributed by atoms with E-state index in [1.807, 2.05) is 16.9 Å². The highest BCUT2D eigenvalue weighted by Gasteiger charge is 2.16. The van der Waals surface area contributed by atoms with Crippen molar-refractivity contribution in [1.29, 1.82) is 5.26 Å². The smallest absolute Gasteiger partial charge is 0.103 e. The third-order valence-electron chi connectivity index (χ3n) is 4.87. The van der Waals surface area contributed by atoms with Gasteiger partial charge in [0.05, 0.1) is 23.5 Å². The number of thioether (sulfide) groups is 1. The van der Waals surface area contributed by atoms with Crippen LogP contribution < -0.4 is 5.32 Å². The van der Waals surface area contributed by atoms with Crippen molar-refractivity contribution < 1.29 is 0 Å². The van der Waals surface area contributed by atoms with Crippen LogP contribution in [0, 0.1) is 17.2 Å². The summed E-state index contributed by atoms with van der Waals surface area (Å²) in [7, 11) is 0. The summed E-state index contributed by atoms with van der Waals surface area (Å²) in [6.45, 7) is 7.47. The molecule has 1 saturated heterocycles. The van der Waals surface area contributed by atoms with Crippen molar-refractivity contribution in [2.45, 2.75) is 43.4 Å². The highest BCUT2D eigenvalue weighted by atomic mass is 32.2. The van der Waals surface area contributed by atoms with E-state index in [9.17, 15) is 5.26 Å². The van der Waals surface area contributed by atoms with Crippen LogP contribution in [-0.4, -0.2) is 37.7 Å². The number of hydrogen-bond acceptors (Lipinski definition) is 5. The molecule has 0 aromatic carbocycles. The molecule has 0 unspecified atom stereocenters. The molecule has 0 amide bonds. The van der Waals surface area contributed by atoms with E-state index < -0.39 is 0 Å². The molecule has 27 heavy (non-hydrogen) atoms. The molecule has 0 bridgehead atoms. The number of nitrogens with zero attached hydrogens (tertiary/aromatic N) is 5. The molecule has 6 nitrogen and oxygen atoms in total. The van der Waals surface area contributed by atoms with Crippen LogP contribution in [0.2, 0.25) is 0 Å². The van der Waals surface area contributed by atoms with Crippen molar-refractivity contribution in [3.63, 3.8) is 0 Å². The Balaban J connectivity index is 1.66. The van der Waals surface area contributed by atoms with Crippen LogP contribution in [0.4, 0.5) is 0 Å². The van der Waals surface area contributed by atoms with Crippen molar-refractivity contribution >= 4 is 17.3 Å². The molecule has 4 heterocycles. The first-order valence-electron chi connectivity index (χ1n) is 9.45. The summed E-state index contributed by atoms with van der Waals surface area (Å²) in [4.78, 5) is 1.08. The van der Waals surface area contributed by atoms with E-state index in [0.717, 1.165) is 41.2 Å². The molecular weight excluding hydrogens is 356 g/mol. The lowest BCUT2D eigenvalue weighted by atomic mass is 10.00. The first-order chi connectivity index (χ1) is 13.1. The van der Waals surface area contributed by atoms with E-state index in [1.54, 1.807) is 18.0 Å². The first kappa shape index (κ1) is 18.1. The van der Waals surface area contributed by atoms with Gasteiger partial charge in [-0.3, -0.25) is 4.68 Å². The molecule has 140 valence electrons. The van der Waals surface area contributed by atoms with Crippen LogP contribution in [-0.2, 0) is 6.54 Å². The van der Waals surface area contributed by atoms with Gasteiger partial charge in [-0.25, -0.2) is 4.52 Å². The lowest BCUT2D eigenvalue weighted by molar-refractivity contribution is 0.325. The van der Waals surface area contributed by atoms with Gasteiger partial charge in [0.1, 0.15) is 6.07 Å². The monoisotopic (exact) mass is 380 g/mol. The highest BCUT2D eigenvalue weighted by molar-refractivity contribution is 8.00. The second-order valence-corrected chi connectivity index (χ2v) is 9.00. The summed E-state index contributed by atoms with van der Waals surface area (Å²) in [5.41, 5.74) is 3.66. The molecule has 0 saturated carbocycles. The standard InChI is InChI=1S/C20H24N6S/c1-14(2)27-19-6-16(13-26-20(19)17(7-21)9-24-26)18-10-23-25(12-18)11-15-4-3-5-22-8-15/h6,9-10,12-15,22H,3-5,8,11H2,1-2H3/t15-/m1/s1.